The van der Waals surface area contributed by atoms with Crippen LogP contribution in [0.5, 0.6) is 5.75 Å². The first-order chi connectivity index (χ1) is 12.9. The quantitative estimate of drug-likeness (QED) is 0.672. The molecular weight excluding hydrogens is 410 g/mol. The molecule has 1 heterocycles. The number of halogens is 1. The minimum absolute atomic E-state index is 0.244. The Bertz CT molecular complexity index is 1020. The molecule has 140 valence electrons. The van der Waals surface area contributed by atoms with Gasteiger partial charge in [-0.2, -0.15) is 0 Å². The second-order valence-corrected chi connectivity index (χ2v) is 6.97. The average molecular weight is 430 g/mol. The van der Waals surface area contributed by atoms with Crippen LogP contribution in [0.1, 0.15) is 12.6 Å². The third kappa shape index (κ3) is 3.83. The molecule has 27 heavy (non-hydrogen) atoms. The highest BCUT2D eigenvalue weighted by Gasteiger charge is 2.22. The van der Waals surface area contributed by atoms with Crippen LogP contribution in [0.4, 0.5) is 5.69 Å². The van der Waals surface area contributed by atoms with Crippen molar-refractivity contribution in [1.82, 2.24) is 9.36 Å². The Morgan fingerprint density at radius 1 is 1.11 bits per heavy atom. The van der Waals surface area contributed by atoms with Crippen LogP contribution in [0.25, 0.3) is 5.69 Å². The fourth-order valence-corrected chi connectivity index (χ4v) is 3.10. The lowest BCUT2D eigenvalue weighted by atomic mass is 10.3. The van der Waals surface area contributed by atoms with E-state index in [1.165, 1.54) is 4.68 Å². The van der Waals surface area contributed by atoms with Crippen LogP contribution in [0.15, 0.2) is 63.9 Å². The Hall–Kier alpha value is -2.80. The molecule has 0 spiro atoms. The summed E-state index contributed by atoms with van der Waals surface area (Å²) in [5, 5.41) is 2.72. The van der Waals surface area contributed by atoms with E-state index in [1.807, 2.05) is 48.5 Å². The van der Waals surface area contributed by atoms with Crippen molar-refractivity contribution in [3.63, 3.8) is 0 Å². The molecule has 1 aromatic heterocycles. The van der Waals surface area contributed by atoms with E-state index in [0.717, 1.165) is 10.2 Å². The Balaban J connectivity index is 1.84. The second kappa shape index (κ2) is 7.84. The van der Waals surface area contributed by atoms with Crippen molar-refractivity contribution >= 4 is 27.5 Å². The van der Waals surface area contributed by atoms with Gasteiger partial charge in [-0.25, -0.2) is 4.68 Å². The van der Waals surface area contributed by atoms with E-state index in [1.54, 1.807) is 31.6 Å². The molecule has 0 aliphatic carbocycles. The molecule has 3 aromatic rings. The molecule has 7 heteroatoms. The van der Waals surface area contributed by atoms with Gasteiger partial charge in [0.05, 0.1) is 15.9 Å². The van der Waals surface area contributed by atoms with Crippen LogP contribution in [-0.2, 0) is 11.8 Å². The number of aromatic nitrogens is 2. The maximum Gasteiger partial charge on any atom is 0.295 e. The van der Waals surface area contributed by atoms with Crippen molar-refractivity contribution in [1.29, 1.82) is 0 Å². The summed E-state index contributed by atoms with van der Waals surface area (Å²) in [7, 11) is 1.78. The van der Waals surface area contributed by atoms with E-state index in [2.05, 4.69) is 21.2 Å². The number of hydrogen-bond acceptors (Lipinski definition) is 3. The molecule has 2 aromatic carbocycles. The van der Waals surface area contributed by atoms with E-state index in [9.17, 15) is 9.59 Å². The van der Waals surface area contributed by atoms with Gasteiger partial charge in [0, 0.05) is 7.05 Å². The second-order valence-electron chi connectivity index (χ2n) is 6.12. The van der Waals surface area contributed by atoms with E-state index >= 15 is 0 Å². The zero-order valence-corrected chi connectivity index (χ0v) is 16.9. The van der Waals surface area contributed by atoms with Gasteiger partial charge in [-0.1, -0.05) is 30.3 Å². The largest absolute Gasteiger partial charge is 0.480 e. The Labute approximate surface area is 165 Å². The standard InChI is InChI=1S/C20H20BrN3O3/c1-13-18(20(26)24(23(13)3)15-9-5-4-6-10-15)22-19(25)14(2)27-17-12-8-7-11-16(17)21/h4-12,14H,1-3H3,(H,22,25)/t14-/m1/s1. The third-order valence-corrected chi connectivity index (χ3v) is 4.97. The molecule has 6 nitrogen and oxygen atoms in total. The lowest BCUT2D eigenvalue weighted by molar-refractivity contribution is -0.122. The van der Waals surface area contributed by atoms with E-state index < -0.39 is 12.0 Å². The first-order valence-electron chi connectivity index (χ1n) is 8.46. The minimum atomic E-state index is -0.770. The zero-order valence-electron chi connectivity index (χ0n) is 15.3. The molecule has 0 unspecified atom stereocenters. The Morgan fingerprint density at radius 2 is 1.74 bits per heavy atom. The molecule has 1 amide bonds. The number of rotatable bonds is 5. The summed E-state index contributed by atoms with van der Waals surface area (Å²) in [6, 6.07) is 16.6. The van der Waals surface area contributed by atoms with Gasteiger partial charge < -0.3 is 10.1 Å². The number of carbonyl (C=O) groups is 1. The molecule has 3 rings (SSSR count). The number of hydrogen-bond donors (Lipinski definition) is 1. The van der Waals surface area contributed by atoms with Gasteiger partial charge in [-0.05, 0) is 54.0 Å². The predicted molar refractivity (Wildman–Crippen MR) is 109 cm³/mol. The summed E-state index contributed by atoms with van der Waals surface area (Å²) in [5.41, 5.74) is 1.34. The van der Waals surface area contributed by atoms with Crippen LogP contribution in [-0.4, -0.2) is 21.4 Å². The molecular formula is C20H20BrN3O3. The van der Waals surface area contributed by atoms with E-state index in [4.69, 9.17) is 4.74 Å². The number of amides is 1. The molecule has 1 atom stereocenters. The average Bonchev–Trinajstić information content (AvgIpc) is 2.87. The van der Waals surface area contributed by atoms with Gasteiger partial charge in [0.1, 0.15) is 11.4 Å². The highest BCUT2D eigenvalue weighted by molar-refractivity contribution is 9.10. The van der Waals surface area contributed by atoms with Crippen molar-refractivity contribution in [3.8, 4) is 11.4 Å². The number of anilines is 1. The van der Waals surface area contributed by atoms with Crippen LogP contribution < -0.4 is 15.6 Å². The minimum Gasteiger partial charge on any atom is -0.480 e. The SMILES string of the molecule is Cc1c(NC(=O)[C@@H](C)Oc2ccccc2Br)c(=O)n(-c2ccccc2)n1C. The molecule has 0 aliphatic heterocycles. The van der Waals surface area contributed by atoms with Gasteiger partial charge in [0.25, 0.3) is 11.5 Å². The topological polar surface area (TPSA) is 65.3 Å². The lowest BCUT2D eigenvalue weighted by Gasteiger charge is -2.15. The summed E-state index contributed by atoms with van der Waals surface area (Å²) in [6.45, 7) is 3.43. The number of nitrogens with zero attached hydrogens (tertiary/aromatic N) is 2. The first kappa shape index (κ1) is 19.0. The molecule has 0 saturated heterocycles. The highest BCUT2D eigenvalue weighted by atomic mass is 79.9. The molecule has 0 fully saturated rings. The van der Waals surface area contributed by atoms with Crippen LogP contribution in [0.2, 0.25) is 0 Å². The summed E-state index contributed by atoms with van der Waals surface area (Å²) in [5.74, 6) is 0.170. The highest BCUT2D eigenvalue weighted by Crippen LogP contribution is 2.25. The van der Waals surface area contributed by atoms with Gasteiger partial charge in [-0.3, -0.25) is 14.3 Å². The monoisotopic (exact) mass is 429 g/mol. The molecule has 0 aliphatic rings. The van der Waals surface area contributed by atoms with Crippen molar-refractivity contribution in [2.75, 3.05) is 5.32 Å². The first-order valence-corrected chi connectivity index (χ1v) is 9.25. The smallest absolute Gasteiger partial charge is 0.295 e. The summed E-state index contributed by atoms with van der Waals surface area (Å²) >= 11 is 3.39. The lowest BCUT2D eigenvalue weighted by Crippen LogP contribution is -2.32. The third-order valence-electron chi connectivity index (χ3n) is 4.31. The molecule has 1 N–H and O–H groups in total. The Morgan fingerprint density at radius 3 is 2.41 bits per heavy atom. The van der Waals surface area contributed by atoms with E-state index in [0.29, 0.717) is 11.4 Å². The van der Waals surface area contributed by atoms with Gasteiger partial charge in [0.2, 0.25) is 0 Å². The number of nitrogens with one attached hydrogen (secondary N) is 1. The Kier molecular flexibility index (Phi) is 5.51. The maximum absolute atomic E-state index is 12.9. The molecule has 0 radical (unpaired) electrons. The molecule has 0 bridgehead atoms. The van der Waals surface area contributed by atoms with Crippen molar-refractivity contribution < 1.29 is 9.53 Å². The van der Waals surface area contributed by atoms with Gasteiger partial charge >= 0.3 is 0 Å². The fraction of sp³-hybridized carbons (Fsp3) is 0.200. The number of para-hydroxylation sites is 2. The summed E-state index contributed by atoms with van der Waals surface area (Å²) in [6.07, 6.45) is -0.770. The maximum atomic E-state index is 12.9. The number of benzene rings is 2. The fourth-order valence-electron chi connectivity index (χ4n) is 2.72. The normalized spacial score (nSPS) is 11.9. The molecule has 0 saturated carbocycles. The van der Waals surface area contributed by atoms with Crippen LogP contribution in [0, 0.1) is 6.92 Å². The van der Waals surface area contributed by atoms with Crippen LogP contribution >= 0.6 is 15.9 Å². The van der Waals surface area contributed by atoms with Crippen LogP contribution in [0.3, 0.4) is 0 Å². The predicted octanol–water partition coefficient (Wildman–Crippen LogP) is 3.65. The van der Waals surface area contributed by atoms with Crippen molar-refractivity contribution in [2.24, 2.45) is 7.05 Å². The number of carbonyl (C=O) groups excluding carboxylic acids is 1. The zero-order chi connectivity index (χ0) is 19.6. The van der Waals surface area contributed by atoms with Gasteiger partial charge in [-0.15, -0.1) is 0 Å². The summed E-state index contributed by atoms with van der Waals surface area (Å²) in [4.78, 5) is 25.4. The van der Waals surface area contributed by atoms with Gasteiger partial charge in [0.15, 0.2) is 6.10 Å². The van der Waals surface area contributed by atoms with E-state index in [-0.39, 0.29) is 11.2 Å². The summed E-state index contributed by atoms with van der Waals surface area (Å²) < 4.78 is 9.70. The number of ether oxygens (including phenoxy) is 1. The van der Waals surface area contributed by atoms with Crippen molar-refractivity contribution in [3.05, 3.63) is 75.1 Å². The van der Waals surface area contributed by atoms with Crippen molar-refractivity contribution in [2.45, 2.75) is 20.0 Å².